The van der Waals surface area contributed by atoms with E-state index in [0.29, 0.717) is 5.92 Å². The van der Waals surface area contributed by atoms with Gasteiger partial charge in [-0.3, -0.25) is 11.3 Å². The Morgan fingerprint density at radius 3 is 2.74 bits per heavy atom. The minimum Gasteiger partial charge on any atom is -0.271 e. The van der Waals surface area contributed by atoms with Crippen LogP contribution in [-0.4, -0.2) is 0 Å². The van der Waals surface area contributed by atoms with Crippen molar-refractivity contribution in [3.05, 3.63) is 35.4 Å². The van der Waals surface area contributed by atoms with E-state index < -0.39 is 0 Å². The smallest absolute Gasteiger partial charge is 0.0485 e. The molecule has 0 radical (unpaired) electrons. The van der Waals surface area contributed by atoms with Gasteiger partial charge in [0.25, 0.3) is 0 Å². The third kappa shape index (κ3) is 3.58. The molecule has 1 aromatic rings. The van der Waals surface area contributed by atoms with Crippen molar-refractivity contribution < 1.29 is 0 Å². The van der Waals surface area contributed by atoms with E-state index in [1.54, 1.807) is 0 Å². The average Bonchev–Trinajstić information content (AvgIpc) is 2.36. The predicted molar refractivity (Wildman–Crippen MR) is 81.8 cm³/mol. The normalized spacial score (nSPS) is 18.9. The minimum atomic E-state index is 0.284. The predicted octanol–water partition coefficient (Wildman–Crippen LogP) is 4.28. The van der Waals surface area contributed by atoms with Gasteiger partial charge in [-0.05, 0) is 42.2 Å². The zero-order chi connectivity index (χ0) is 13.7. The molecule has 2 atom stereocenters. The first-order chi connectivity index (χ1) is 9.26. The van der Waals surface area contributed by atoms with Gasteiger partial charge in [-0.2, -0.15) is 0 Å². The van der Waals surface area contributed by atoms with Crippen molar-refractivity contribution in [3.63, 3.8) is 0 Å². The maximum absolute atomic E-state index is 5.80. The average molecular weight is 260 g/mol. The molecule has 2 nitrogen and oxygen atoms in total. The van der Waals surface area contributed by atoms with Gasteiger partial charge in [-0.15, -0.1) is 0 Å². The van der Waals surface area contributed by atoms with E-state index in [1.165, 1.54) is 49.7 Å². The third-order valence-electron chi connectivity index (χ3n) is 4.61. The lowest BCUT2D eigenvalue weighted by atomic mass is 9.79. The quantitative estimate of drug-likeness (QED) is 0.567. The second-order valence-corrected chi connectivity index (χ2v) is 6.06. The van der Waals surface area contributed by atoms with Crippen LogP contribution in [0.5, 0.6) is 0 Å². The Balaban J connectivity index is 2.08. The highest BCUT2D eigenvalue weighted by Gasteiger charge is 2.22. The minimum absolute atomic E-state index is 0.284. The molecule has 2 rings (SSSR count). The molecule has 0 bridgehead atoms. The van der Waals surface area contributed by atoms with E-state index in [1.807, 2.05) is 0 Å². The molecule has 0 amide bonds. The van der Waals surface area contributed by atoms with Crippen LogP contribution in [0, 0.1) is 5.92 Å². The first-order valence-electron chi connectivity index (χ1n) is 7.82. The van der Waals surface area contributed by atoms with Crippen molar-refractivity contribution >= 4 is 0 Å². The fraction of sp³-hybridized carbons (Fsp3) is 0.647. The molecule has 0 spiro atoms. The SMILES string of the molecule is CCCCC(C)C(NN)c1cccc(C2CCC2)c1. The molecule has 0 aromatic heterocycles. The Morgan fingerprint density at radius 2 is 2.16 bits per heavy atom. The summed E-state index contributed by atoms with van der Waals surface area (Å²) in [5.74, 6) is 7.18. The van der Waals surface area contributed by atoms with Crippen molar-refractivity contribution in [2.24, 2.45) is 11.8 Å². The van der Waals surface area contributed by atoms with E-state index in [0.717, 1.165) is 5.92 Å². The van der Waals surface area contributed by atoms with Crippen LogP contribution < -0.4 is 11.3 Å². The van der Waals surface area contributed by atoms with Crippen molar-refractivity contribution in [1.29, 1.82) is 0 Å². The zero-order valence-electron chi connectivity index (χ0n) is 12.4. The van der Waals surface area contributed by atoms with Crippen LogP contribution in [0.3, 0.4) is 0 Å². The Morgan fingerprint density at radius 1 is 1.37 bits per heavy atom. The molecule has 3 N–H and O–H groups in total. The van der Waals surface area contributed by atoms with Gasteiger partial charge in [0.15, 0.2) is 0 Å². The number of nitrogens with one attached hydrogen (secondary N) is 1. The Hall–Kier alpha value is -0.860. The number of benzene rings is 1. The van der Waals surface area contributed by atoms with Crippen molar-refractivity contribution in [2.45, 2.75) is 64.3 Å². The fourth-order valence-corrected chi connectivity index (χ4v) is 3.03. The van der Waals surface area contributed by atoms with Crippen LogP contribution in [0.25, 0.3) is 0 Å². The van der Waals surface area contributed by atoms with Gasteiger partial charge in [0.1, 0.15) is 0 Å². The van der Waals surface area contributed by atoms with Gasteiger partial charge in [-0.25, -0.2) is 0 Å². The second kappa shape index (κ2) is 7.06. The Kier molecular flexibility index (Phi) is 5.41. The summed E-state index contributed by atoms with van der Waals surface area (Å²) < 4.78 is 0. The lowest BCUT2D eigenvalue weighted by Gasteiger charge is -2.28. The Bertz CT molecular complexity index is 385. The topological polar surface area (TPSA) is 38.0 Å². The maximum Gasteiger partial charge on any atom is 0.0485 e. The van der Waals surface area contributed by atoms with Gasteiger partial charge in [0.05, 0.1) is 0 Å². The monoisotopic (exact) mass is 260 g/mol. The number of hydrazine groups is 1. The lowest BCUT2D eigenvalue weighted by molar-refractivity contribution is 0.361. The summed E-state index contributed by atoms with van der Waals surface area (Å²) in [6.45, 7) is 4.55. The first-order valence-corrected chi connectivity index (χ1v) is 7.82. The molecule has 0 saturated heterocycles. The molecule has 1 saturated carbocycles. The molecule has 2 unspecified atom stereocenters. The van der Waals surface area contributed by atoms with Crippen LogP contribution in [0.4, 0.5) is 0 Å². The van der Waals surface area contributed by atoms with E-state index in [9.17, 15) is 0 Å². The molecule has 1 aliphatic rings. The molecule has 1 fully saturated rings. The Labute approximate surface area is 117 Å². The van der Waals surface area contributed by atoms with Crippen LogP contribution in [-0.2, 0) is 0 Å². The van der Waals surface area contributed by atoms with Gasteiger partial charge >= 0.3 is 0 Å². The van der Waals surface area contributed by atoms with E-state index in [4.69, 9.17) is 5.84 Å². The van der Waals surface area contributed by atoms with Crippen molar-refractivity contribution in [2.75, 3.05) is 0 Å². The van der Waals surface area contributed by atoms with E-state index in [-0.39, 0.29) is 6.04 Å². The molecular formula is C17H28N2. The number of unbranched alkanes of at least 4 members (excludes halogenated alkanes) is 1. The maximum atomic E-state index is 5.80. The summed E-state index contributed by atoms with van der Waals surface area (Å²) in [5.41, 5.74) is 5.89. The number of hydrogen-bond acceptors (Lipinski definition) is 2. The summed E-state index contributed by atoms with van der Waals surface area (Å²) in [7, 11) is 0. The molecule has 1 aromatic carbocycles. The van der Waals surface area contributed by atoms with E-state index >= 15 is 0 Å². The summed E-state index contributed by atoms with van der Waals surface area (Å²) in [5, 5.41) is 0. The lowest BCUT2D eigenvalue weighted by Crippen LogP contribution is -2.32. The summed E-state index contributed by atoms with van der Waals surface area (Å²) >= 11 is 0. The van der Waals surface area contributed by atoms with Crippen LogP contribution >= 0.6 is 0 Å². The molecule has 0 heterocycles. The van der Waals surface area contributed by atoms with Crippen LogP contribution in [0.2, 0.25) is 0 Å². The van der Waals surface area contributed by atoms with Crippen molar-refractivity contribution in [1.82, 2.24) is 5.43 Å². The van der Waals surface area contributed by atoms with Gasteiger partial charge in [-0.1, -0.05) is 57.4 Å². The first kappa shape index (κ1) is 14.5. The second-order valence-electron chi connectivity index (χ2n) is 6.06. The van der Waals surface area contributed by atoms with Gasteiger partial charge in [0, 0.05) is 6.04 Å². The standard InChI is InChI=1S/C17H28N2/c1-3-4-7-13(2)17(19-18)16-11-6-10-15(12-16)14-8-5-9-14/h6,10-14,17,19H,3-5,7-9,18H2,1-2H3. The molecule has 106 valence electrons. The summed E-state index contributed by atoms with van der Waals surface area (Å²) in [6, 6.07) is 9.34. The highest BCUT2D eigenvalue weighted by molar-refractivity contribution is 5.30. The third-order valence-corrected chi connectivity index (χ3v) is 4.61. The molecule has 2 heteroatoms. The van der Waals surface area contributed by atoms with Gasteiger partial charge in [0.2, 0.25) is 0 Å². The van der Waals surface area contributed by atoms with E-state index in [2.05, 4.69) is 43.5 Å². The molecule has 1 aliphatic carbocycles. The highest BCUT2D eigenvalue weighted by Crippen LogP contribution is 2.37. The number of rotatable bonds is 7. The fourth-order valence-electron chi connectivity index (χ4n) is 3.03. The van der Waals surface area contributed by atoms with Crippen molar-refractivity contribution in [3.8, 4) is 0 Å². The van der Waals surface area contributed by atoms with Crippen LogP contribution in [0.15, 0.2) is 24.3 Å². The summed E-state index contributed by atoms with van der Waals surface area (Å²) in [6.07, 6.45) is 7.87. The highest BCUT2D eigenvalue weighted by atomic mass is 15.2. The molecular weight excluding hydrogens is 232 g/mol. The number of nitrogens with two attached hydrogens (primary N) is 1. The summed E-state index contributed by atoms with van der Waals surface area (Å²) in [4.78, 5) is 0. The molecule has 0 aliphatic heterocycles. The van der Waals surface area contributed by atoms with Gasteiger partial charge < -0.3 is 0 Å². The largest absolute Gasteiger partial charge is 0.271 e. The zero-order valence-corrected chi connectivity index (χ0v) is 12.4. The van der Waals surface area contributed by atoms with Crippen LogP contribution in [0.1, 0.15) is 75.5 Å². The molecule has 19 heavy (non-hydrogen) atoms. The number of hydrogen-bond donors (Lipinski definition) is 2.